The van der Waals surface area contributed by atoms with Gasteiger partial charge in [-0.3, -0.25) is 9.78 Å². The molecular formula is C24H22N4O3. The maximum atomic E-state index is 12.6. The van der Waals surface area contributed by atoms with Crippen molar-refractivity contribution in [1.82, 2.24) is 20.1 Å². The average molecular weight is 414 g/mol. The van der Waals surface area contributed by atoms with E-state index in [1.54, 1.807) is 42.4 Å². The Morgan fingerprint density at radius 1 is 1.03 bits per heavy atom. The van der Waals surface area contributed by atoms with Gasteiger partial charge in [0.25, 0.3) is 5.91 Å². The molecule has 0 unspecified atom stereocenters. The van der Waals surface area contributed by atoms with Gasteiger partial charge in [-0.25, -0.2) is 4.68 Å². The Morgan fingerprint density at radius 2 is 1.90 bits per heavy atom. The zero-order chi connectivity index (χ0) is 21.5. The molecule has 31 heavy (non-hydrogen) atoms. The van der Waals surface area contributed by atoms with Crippen molar-refractivity contribution in [3.8, 4) is 17.2 Å². The number of amides is 1. The number of aromatic nitrogens is 3. The van der Waals surface area contributed by atoms with Crippen LogP contribution >= 0.6 is 0 Å². The summed E-state index contributed by atoms with van der Waals surface area (Å²) in [6.45, 7) is 0.713. The third-order valence-electron chi connectivity index (χ3n) is 4.64. The fourth-order valence-electron chi connectivity index (χ4n) is 2.98. The summed E-state index contributed by atoms with van der Waals surface area (Å²) in [4.78, 5) is 16.6. The average Bonchev–Trinajstić information content (AvgIpc) is 3.31. The Labute approximate surface area is 180 Å². The van der Waals surface area contributed by atoms with Crippen LogP contribution in [0.5, 0.6) is 11.5 Å². The SMILES string of the molecule is COc1ccc(-n2ccc(CNC(=O)c3cccc(OCc4cccnc4)c3)n2)cc1. The number of nitrogens with zero attached hydrogens (tertiary/aromatic N) is 3. The molecule has 0 atom stereocenters. The first-order valence-corrected chi connectivity index (χ1v) is 9.80. The van der Waals surface area contributed by atoms with E-state index in [-0.39, 0.29) is 5.91 Å². The van der Waals surface area contributed by atoms with Crippen LogP contribution < -0.4 is 14.8 Å². The molecule has 7 nitrogen and oxygen atoms in total. The van der Waals surface area contributed by atoms with E-state index in [4.69, 9.17) is 9.47 Å². The summed E-state index contributed by atoms with van der Waals surface area (Å²) in [5.41, 5.74) is 3.16. The molecule has 0 saturated heterocycles. The number of hydrogen-bond donors (Lipinski definition) is 1. The van der Waals surface area contributed by atoms with Crippen molar-refractivity contribution in [3.63, 3.8) is 0 Å². The molecule has 0 aliphatic rings. The van der Waals surface area contributed by atoms with E-state index >= 15 is 0 Å². The zero-order valence-electron chi connectivity index (χ0n) is 17.1. The molecule has 0 aliphatic carbocycles. The molecule has 4 aromatic rings. The van der Waals surface area contributed by atoms with Crippen molar-refractivity contribution in [2.24, 2.45) is 0 Å². The molecule has 4 rings (SSSR count). The summed E-state index contributed by atoms with van der Waals surface area (Å²) in [6.07, 6.45) is 5.33. The molecule has 2 aromatic heterocycles. The third-order valence-corrected chi connectivity index (χ3v) is 4.64. The minimum absolute atomic E-state index is 0.189. The smallest absolute Gasteiger partial charge is 0.251 e. The highest BCUT2D eigenvalue weighted by Crippen LogP contribution is 2.16. The topological polar surface area (TPSA) is 78.3 Å². The van der Waals surface area contributed by atoms with E-state index in [9.17, 15) is 4.79 Å². The lowest BCUT2D eigenvalue weighted by atomic mass is 10.2. The van der Waals surface area contributed by atoms with Gasteiger partial charge in [0.2, 0.25) is 0 Å². The number of methoxy groups -OCH3 is 1. The first kappa shape index (κ1) is 20.2. The second kappa shape index (κ2) is 9.58. The quantitative estimate of drug-likeness (QED) is 0.475. The number of benzene rings is 2. The minimum Gasteiger partial charge on any atom is -0.497 e. The highest BCUT2D eigenvalue weighted by molar-refractivity contribution is 5.94. The Hall–Kier alpha value is -4.13. The van der Waals surface area contributed by atoms with Crippen LogP contribution in [0.1, 0.15) is 21.6 Å². The summed E-state index contributed by atoms with van der Waals surface area (Å²) < 4.78 is 12.7. The van der Waals surface area contributed by atoms with E-state index in [0.717, 1.165) is 22.7 Å². The molecule has 0 saturated carbocycles. The minimum atomic E-state index is -0.189. The molecule has 0 fully saturated rings. The predicted molar refractivity (Wildman–Crippen MR) is 116 cm³/mol. The summed E-state index contributed by atoms with van der Waals surface area (Å²) in [5.74, 6) is 1.22. The van der Waals surface area contributed by atoms with Gasteiger partial charge < -0.3 is 14.8 Å². The molecule has 0 spiro atoms. The Kier molecular flexibility index (Phi) is 6.23. The fraction of sp³-hybridized carbons (Fsp3) is 0.125. The van der Waals surface area contributed by atoms with Crippen molar-refractivity contribution in [1.29, 1.82) is 0 Å². The Bertz CT molecular complexity index is 1140. The van der Waals surface area contributed by atoms with Crippen LogP contribution in [0.3, 0.4) is 0 Å². The molecule has 2 aromatic carbocycles. The standard InChI is InChI=1S/C24H22N4O3/c1-30-22-9-7-21(8-10-22)28-13-11-20(27-28)16-26-24(29)19-5-2-6-23(14-19)31-17-18-4-3-12-25-15-18/h2-15H,16-17H2,1H3,(H,26,29). The Balaban J connectivity index is 1.34. The number of ether oxygens (including phenoxy) is 2. The van der Waals surface area contributed by atoms with E-state index in [0.29, 0.717) is 24.5 Å². The second-order valence-corrected chi connectivity index (χ2v) is 6.81. The predicted octanol–water partition coefficient (Wildman–Crippen LogP) is 3.78. The lowest BCUT2D eigenvalue weighted by Gasteiger charge is -2.08. The van der Waals surface area contributed by atoms with Gasteiger partial charge in [-0.15, -0.1) is 0 Å². The number of carbonyl (C=O) groups excluding carboxylic acids is 1. The van der Waals surface area contributed by atoms with E-state index in [2.05, 4.69) is 15.4 Å². The van der Waals surface area contributed by atoms with Crippen molar-refractivity contribution in [2.45, 2.75) is 13.2 Å². The third kappa shape index (κ3) is 5.27. The number of pyridine rings is 1. The second-order valence-electron chi connectivity index (χ2n) is 6.81. The fourth-order valence-corrected chi connectivity index (χ4v) is 2.98. The highest BCUT2D eigenvalue weighted by atomic mass is 16.5. The molecule has 156 valence electrons. The molecule has 0 aliphatic heterocycles. The lowest BCUT2D eigenvalue weighted by molar-refractivity contribution is 0.0950. The molecule has 7 heteroatoms. The van der Waals surface area contributed by atoms with Crippen molar-refractivity contribution >= 4 is 5.91 Å². The number of carbonyl (C=O) groups is 1. The summed E-state index contributed by atoms with van der Waals surface area (Å²) in [7, 11) is 1.63. The number of rotatable bonds is 8. The molecule has 2 heterocycles. The largest absolute Gasteiger partial charge is 0.497 e. The monoisotopic (exact) mass is 414 g/mol. The van der Waals surface area contributed by atoms with E-state index in [1.165, 1.54) is 0 Å². The van der Waals surface area contributed by atoms with Crippen LogP contribution in [0.15, 0.2) is 85.3 Å². The zero-order valence-corrected chi connectivity index (χ0v) is 17.1. The normalized spacial score (nSPS) is 10.5. The first-order valence-electron chi connectivity index (χ1n) is 9.80. The van der Waals surface area contributed by atoms with Gasteiger partial charge in [0.15, 0.2) is 0 Å². The van der Waals surface area contributed by atoms with E-state index in [1.807, 2.05) is 54.7 Å². The molecular weight excluding hydrogens is 392 g/mol. The van der Waals surface area contributed by atoms with Gasteiger partial charge in [-0.2, -0.15) is 5.10 Å². The van der Waals surface area contributed by atoms with Crippen LogP contribution in [-0.2, 0) is 13.2 Å². The van der Waals surface area contributed by atoms with Gasteiger partial charge in [0.1, 0.15) is 18.1 Å². The van der Waals surface area contributed by atoms with Gasteiger partial charge in [-0.05, 0) is 54.6 Å². The first-order chi connectivity index (χ1) is 15.2. The Morgan fingerprint density at radius 3 is 2.68 bits per heavy atom. The van der Waals surface area contributed by atoms with Gasteiger partial charge in [0, 0.05) is 29.7 Å². The van der Waals surface area contributed by atoms with Gasteiger partial charge in [0.05, 0.1) is 25.0 Å². The van der Waals surface area contributed by atoms with Crippen LogP contribution in [0.25, 0.3) is 5.69 Å². The summed E-state index contributed by atoms with van der Waals surface area (Å²) >= 11 is 0. The summed E-state index contributed by atoms with van der Waals surface area (Å²) in [6, 6.07) is 20.4. The van der Waals surface area contributed by atoms with Crippen LogP contribution in [0.4, 0.5) is 0 Å². The van der Waals surface area contributed by atoms with Gasteiger partial charge in [-0.1, -0.05) is 12.1 Å². The van der Waals surface area contributed by atoms with Crippen molar-refractivity contribution in [2.75, 3.05) is 7.11 Å². The number of hydrogen-bond acceptors (Lipinski definition) is 5. The molecule has 1 amide bonds. The van der Waals surface area contributed by atoms with Gasteiger partial charge >= 0.3 is 0 Å². The molecule has 0 bridgehead atoms. The van der Waals surface area contributed by atoms with Crippen LogP contribution in [0, 0.1) is 0 Å². The maximum absolute atomic E-state index is 12.6. The molecule has 1 N–H and O–H groups in total. The summed E-state index contributed by atoms with van der Waals surface area (Å²) in [5, 5.41) is 7.41. The van der Waals surface area contributed by atoms with Crippen molar-refractivity contribution in [3.05, 3.63) is 102 Å². The van der Waals surface area contributed by atoms with E-state index < -0.39 is 0 Å². The highest BCUT2D eigenvalue weighted by Gasteiger charge is 2.09. The van der Waals surface area contributed by atoms with Crippen LogP contribution in [-0.4, -0.2) is 27.8 Å². The number of nitrogens with one attached hydrogen (secondary N) is 1. The van der Waals surface area contributed by atoms with Crippen molar-refractivity contribution < 1.29 is 14.3 Å². The maximum Gasteiger partial charge on any atom is 0.251 e. The molecule has 0 radical (unpaired) electrons. The lowest BCUT2D eigenvalue weighted by Crippen LogP contribution is -2.23. The van der Waals surface area contributed by atoms with Crippen LogP contribution in [0.2, 0.25) is 0 Å².